The van der Waals surface area contributed by atoms with Gasteiger partial charge in [0.25, 0.3) is 0 Å². The topological polar surface area (TPSA) is 63.6 Å². The first-order chi connectivity index (χ1) is 9.76. The molecule has 2 N–H and O–H groups in total. The quantitative estimate of drug-likeness (QED) is 0.896. The summed E-state index contributed by atoms with van der Waals surface area (Å²) in [5.41, 5.74) is 1.94. The van der Waals surface area contributed by atoms with Gasteiger partial charge in [0.15, 0.2) is 0 Å². The van der Waals surface area contributed by atoms with E-state index in [4.69, 9.17) is 9.47 Å². The first-order valence-electron chi connectivity index (χ1n) is 6.57. The summed E-state index contributed by atoms with van der Waals surface area (Å²) in [5.74, 6) is 1.56. The van der Waals surface area contributed by atoms with Crippen LogP contribution in [0.25, 0.3) is 0 Å². The van der Waals surface area contributed by atoms with Gasteiger partial charge in [-0.3, -0.25) is 0 Å². The first kappa shape index (κ1) is 12.6. The molecule has 0 radical (unpaired) electrons. The number of anilines is 1. The minimum Gasteiger partial charge on any atom is -0.508 e. The molecule has 2 aromatic rings. The van der Waals surface area contributed by atoms with Gasteiger partial charge in [-0.15, -0.1) is 0 Å². The molecular weight excluding hydrogens is 256 g/mol. The van der Waals surface area contributed by atoms with Crippen molar-refractivity contribution in [2.75, 3.05) is 18.5 Å². The lowest BCUT2D eigenvalue weighted by molar-refractivity contribution is 0.327. The number of nitrogens with zero attached hydrogens (tertiary/aromatic N) is 1. The predicted octanol–water partition coefficient (Wildman–Crippen LogP) is 2.73. The van der Waals surface area contributed by atoms with Crippen molar-refractivity contribution in [3.8, 4) is 17.4 Å². The predicted molar refractivity (Wildman–Crippen MR) is 75.4 cm³/mol. The Bertz CT molecular complexity index is 599. The van der Waals surface area contributed by atoms with Crippen molar-refractivity contribution in [3.05, 3.63) is 42.1 Å². The van der Waals surface area contributed by atoms with Crippen LogP contribution in [-0.2, 0) is 0 Å². The Balaban J connectivity index is 1.73. The van der Waals surface area contributed by atoms with E-state index in [1.165, 1.54) is 0 Å². The third-order valence-corrected chi connectivity index (χ3v) is 3.15. The van der Waals surface area contributed by atoms with Crippen molar-refractivity contribution < 1.29 is 14.6 Å². The number of phenolic OH excluding ortho intramolecular Hbond substituents is 1. The van der Waals surface area contributed by atoms with Crippen LogP contribution in [0.15, 0.2) is 36.5 Å². The molecule has 20 heavy (non-hydrogen) atoms. The lowest BCUT2D eigenvalue weighted by Gasteiger charge is -2.13. The Labute approximate surface area is 117 Å². The molecule has 1 aromatic carbocycles. The number of phenols is 1. The molecule has 1 aliphatic rings. The molecule has 5 heteroatoms. The summed E-state index contributed by atoms with van der Waals surface area (Å²) >= 11 is 0. The Hall–Kier alpha value is -2.43. The van der Waals surface area contributed by atoms with Crippen LogP contribution in [0, 0.1) is 0 Å². The van der Waals surface area contributed by atoms with Gasteiger partial charge < -0.3 is 19.9 Å². The zero-order valence-corrected chi connectivity index (χ0v) is 11.2. The molecule has 1 unspecified atom stereocenters. The van der Waals surface area contributed by atoms with E-state index in [2.05, 4.69) is 10.3 Å². The van der Waals surface area contributed by atoms with Crippen LogP contribution in [0.3, 0.4) is 0 Å². The lowest BCUT2D eigenvalue weighted by atomic mass is 10.1. The van der Waals surface area contributed by atoms with Crippen molar-refractivity contribution >= 4 is 5.69 Å². The van der Waals surface area contributed by atoms with E-state index >= 15 is 0 Å². The first-order valence-corrected chi connectivity index (χ1v) is 6.57. The average molecular weight is 272 g/mol. The number of ether oxygens (including phenoxy) is 2. The summed E-state index contributed by atoms with van der Waals surface area (Å²) in [6, 6.07) is 8.99. The van der Waals surface area contributed by atoms with Crippen molar-refractivity contribution in [3.63, 3.8) is 0 Å². The van der Waals surface area contributed by atoms with E-state index in [0.29, 0.717) is 19.1 Å². The van der Waals surface area contributed by atoms with Crippen LogP contribution >= 0.6 is 0 Å². The number of aromatic nitrogens is 1. The zero-order chi connectivity index (χ0) is 13.9. The highest BCUT2D eigenvalue weighted by Crippen LogP contribution is 2.36. The number of pyridine rings is 1. The second-order valence-electron chi connectivity index (χ2n) is 4.55. The Morgan fingerprint density at radius 3 is 3.05 bits per heavy atom. The highest BCUT2D eigenvalue weighted by molar-refractivity contribution is 5.51. The summed E-state index contributed by atoms with van der Waals surface area (Å²) in [4.78, 5) is 4.22. The molecular formula is C15H16N2O3. The molecule has 1 aliphatic heterocycles. The molecule has 0 saturated heterocycles. The standard InChI is InChI=1S/C15H16N2O3/c1-2-19-15-6-3-10(8-16-15)17-13-9-20-14-7-11(18)4-5-12(13)14/h3-8,13,17-18H,2,9H2,1H3. The fourth-order valence-corrected chi connectivity index (χ4v) is 2.22. The lowest BCUT2D eigenvalue weighted by Crippen LogP contribution is -2.12. The second kappa shape index (κ2) is 5.28. The maximum atomic E-state index is 9.43. The fraction of sp³-hybridized carbons (Fsp3) is 0.267. The Morgan fingerprint density at radius 2 is 2.30 bits per heavy atom. The van der Waals surface area contributed by atoms with Gasteiger partial charge in [0.2, 0.25) is 5.88 Å². The van der Waals surface area contributed by atoms with Crippen molar-refractivity contribution in [1.29, 1.82) is 0 Å². The molecule has 3 rings (SSSR count). The van der Waals surface area contributed by atoms with E-state index in [1.54, 1.807) is 18.3 Å². The summed E-state index contributed by atoms with van der Waals surface area (Å²) in [5, 5.41) is 12.8. The third kappa shape index (κ3) is 2.47. The number of hydrogen-bond acceptors (Lipinski definition) is 5. The van der Waals surface area contributed by atoms with Crippen LogP contribution in [0.5, 0.6) is 17.4 Å². The summed E-state index contributed by atoms with van der Waals surface area (Å²) in [6.07, 6.45) is 1.74. The van der Waals surface area contributed by atoms with E-state index in [1.807, 2.05) is 25.1 Å². The highest BCUT2D eigenvalue weighted by Gasteiger charge is 2.24. The number of hydrogen-bond donors (Lipinski definition) is 2. The minimum atomic E-state index is 0.0605. The number of fused-ring (bicyclic) bond motifs is 1. The molecule has 0 bridgehead atoms. The number of aromatic hydroxyl groups is 1. The highest BCUT2D eigenvalue weighted by atomic mass is 16.5. The molecule has 0 amide bonds. The number of rotatable bonds is 4. The minimum absolute atomic E-state index is 0.0605. The van der Waals surface area contributed by atoms with E-state index in [0.717, 1.165) is 17.0 Å². The largest absolute Gasteiger partial charge is 0.508 e. The van der Waals surface area contributed by atoms with Crippen molar-refractivity contribution in [1.82, 2.24) is 4.98 Å². The zero-order valence-electron chi connectivity index (χ0n) is 11.2. The van der Waals surface area contributed by atoms with Crippen LogP contribution < -0.4 is 14.8 Å². The number of nitrogens with one attached hydrogen (secondary N) is 1. The van der Waals surface area contributed by atoms with Gasteiger partial charge in [0.1, 0.15) is 18.1 Å². The normalized spacial score (nSPS) is 16.4. The maximum absolute atomic E-state index is 9.43. The smallest absolute Gasteiger partial charge is 0.213 e. The van der Waals surface area contributed by atoms with E-state index in [-0.39, 0.29) is 11.8 Å². The number of benzene rings is 1. The van der Waals surface area contributed by atoms with Gasteiger partial charge >= 0.3 is 0 Å². The van der Waals surface area contributed by atoms with Gasteiger partial charge in [0, 0.05) is 17.7 Å². The molecule has 1 aromatic heterocycles. The second-order valence-corrected chi connectivity index (χ2v) is 4.55. The average Bonchev–Trinajstić information content (AvgIpc) is 2.83. The molecule has 1 atom stereocenters. The maximum Gasteiger partial charge on any atom is 0.213 e. The van der Waals surface area contributed by atoms with Gasteiger partial charge in [0.05, 0.1) is 24.5 Å². The van der Waals surface area contributed by atoms with Crippen LogP contribution in [0.1, 0.15) is 18.5 Å². The molecule has 2 heterocycles. The third-order valence-electron chi connectivity index (χ3n) is 3.15. The van der Waals surface area contributed by atoms with Crippen LogP contribution in [-0.4, -0.2) is 23.3 Å². The summed E-state index contributed by atoms with van der Waals surface area (Å²) < 4.78 is 10.9. The van der Waals surface area contributed by atoms with Crippen LogP contribution in [0.2, 0.25) is 0 Å². The van der Waals surface area contributed by atoms with E-state index < -0.39 is 0 Å². The SMILES string of the molecule is CCOc1ccc(NC2COc3cc(O)ccc32)cn1. The Morgan fingerprint density at radius 1 is 1.40 bits per heavy atom. The van der Waals surface area contributed by atoms with Crippen LogP contribution in [0.4, 0.5) is 5.69 Å². The summed E-state index contributed by atoms with van der Waals surface area (Å²) in [6.45, 7) is 3.06. The molecule has 0 saturated carbocycles. The molecule has 104 valence electrons. The molecule has 0 fully saturated rings. The van der Waals surface area contributed by atoms with Crippen molar-refractivity contribution in [2.45, 2.75) is 13.0 Å². The molecule has 0 aliphatic carbocycles. The Kier molecular flexibility index (Phi) is 3.33. The van der Waals surface area contributed by atoms with Gasteiger partial charge in [-0.1, -0.05) is 0 Å². The van der Waals surface area contributed by atoms with E-state index in [9.17, 15) is 5.11 Å². The monoisotopic (exact) mass is 272 g/mol. The van der Waals surface area contributed by atoms with Crippen molar-refractivity contribution in [2.24, 2.45) is 0 Å². The molecule has 5 nitrogen and oxygen atoms in total. The van der Waals surface area contributed by atoms with Gasteiger partial charge in [-0.2, -0.15) is 0 Å². The molecule has 0 spiro atoms. The summed E-state index contributed by atoms with van der Waals surface area (Å²) in [7, 11) is 0. The fourth-order valence-electron chi connectivity index (χ4n) is 2.22. The van der Waals surface area contributed by atoms with Gasteiger partial charge in [-0.05, 0) is 25.1 Å². The van der Waals surface area contributed by atoms with Gasteiger partial charge in [-0.25, -0.2) is 4.98 Å².